The van der Waals surface area contributed by atoms with Crippen molar-refractivity contribution in [3.05, 3.63) is 51.4 Å². The molecule has 0 unspecified atom stereocenters. The number of rotatable bonds is 3. The van der Waals surface area contributed by atoms with Gasteiger partial charge in [-0.05, 0) is 43.4 Å². The Morgan fingerprint density at radius 3 is 2.64 bits per heavy atom. The van der Waals surface area contributed by atoms with Gasteiger partial charge in [0.25, 0.3) is 11.8 Å². The predicted octanol–water partition coefficient (Wildman–Crippen LogP) is 3.16. The molecular formula is C17H18N2O2S. The van der Waals surface area contributed by atoms with Crippen molar-refractivity contribution in [2.45, 2.75) is 26.2 Å². The second-order valence-electron chi connectivity index (χ2n) is 5.41. The first-order valence-electron chi connectivity index (χ1n) is 7.35. The lowest BCUT2D eigenvalue weighted by atomic mass is 10.1. The molecule has 0 aliphatic heterocycles. The minimum Gasteiger partial charge on any atom is -0.355 e. The fourth-order valence-corrected chi connectivity index (χ4v) is 4.14. The van der Waals surface area contributed by atoms with Crippen molar-refractivity contribution < 1.29 is 9.59 Å². The maximum atomic E-state index is 12.5. The van der Waals surface area contributed by atoms with E-state index in [1.54, 1.807) is 13.1 Å². The van der Waals surface area contributed by atoms with Crippen molar-refractivity contribution in [1.29, 1.82) is 0 Å². The van der Waals surface area contributed by atoms with E-state index in [0.29, 0.717) is 16.1 Å². The van der Waals surface area contributed by atoms with Crippen LogP contribution in [-0.2, 0) is 12.8 Å². The molecule has 0 saturated carbocycles. The molecule has 3 rings (SSSR count). The highest BCUT2D eigenvalue weighted by atomic mass is 32.1. The largest absolute Gasteiger partial charge is 0.355 e. The zero-order valence-corrected chi connectivity index (χ0v) is 13.5. The molecule has 0 fully saturated rings. The number of aryl methyl sites for hydroxylation is 2. The molecule has 0 bridgehead atoms. The number of hydrogen-bond acceptors (Lipinski definition) is 3. The first kappa shape index (κ1) is 14.8. The second-order valence-corrected chi connectivity index (χ2v) is 6.51. The topological polar surface area (TPSA) is 58.2 Å². The molecule has 1 aromatic carbocycles. The van der Waals surface area contributed by atoms with Crippen LogP contribution in [0.25, 0.3) is 0 Å². The normalized spacial score (nSPS) is 12.8. The summed E-state index contributed by atoms with van der Waals surface area (Å²) >= 11 is 1.53. The average Bonchev–Trinajstić information content (AvgIpc) is 3.07. The fraction of sp³-hybridized carbons (Fsp3) is 0.294. The Hall–Kier alpha value is -2.14. The number of thiophene rings is 1. The molecule has 1 aliphatic rings. The lowest BCUT2D eigenvalue weighted by molar-refractivity contribution is 0.0963. The highest BCUT2D eigenvalue weighted by Crippen LogP contribution is 2.39. The van der Waals surface area contributed by atoms with Gasteiger partial charge in [0.15, 0.2) is 0 Å². The molecule has 0 atom stereocenters. The Labute approximate surface area is 133 Å². The van der Waals surface area contributed by atoms with Crippen LogP contribution in [0.5, 0.6) is 0 Å². The molecule has 1 heterocycles. The smallest absolute Gasteiger partial charge is 0.256 e. The third-order valence-corrected chi connectivity index (χ3v) is 5.20. The van der Waals surface area contributed by atoms with Gasteiger partial charge < -0.3 is 10.6 Å². The molecule has 0 radical (unpaired) electrons. The number of carbonyl (C=O) groups is 2. The monoisotopic (exact) mass is 314 g/mol. The molecule has 1 aliphatic carbocycles. The van der Waals surface area contributed by atoms with E-state index in [2.05, 4.69) is 10.6 Å². The number of hydrogen-bond donors (Lipinski definition) is 2. The molecule has 22 heavy (non-hydrogen) atoms. The van der Waals surface area contributed by atoms with Crippen LogP contribution in [0, 0.1) is 6.92 Å². The van der Waals surface area contributed by atoms with Gasteiger partial charge >= 0.3 is 0 Å². The van der Waals surface area contributed by atoms with Crippen LogP contribution >= 0.6 is 11.3 Å². The van der Waals surface area contributed by atoms with Crippen molar-refractivity contribution in [1.82, 2.24) is 5.32 Å². The molecule has 5 heteroatoms. The summed E-state index contributed by atoms with van der Waals surface area (Å²) in [4.78, 5) is 25.9. The minimum atomic E-state index is -0.164. The number of benzene rings is 1. The molecule has 114 valence electrons. The van der Waals surface area contributed by atoms with Gasteiger partial charge in [-0.15, -0.1) is 11.3 Å². The van der Waals surface area contributed by atoms with Gasteiger partial charge in [0.1, 0.15) is 5.00 Å². The van der Waals surface area contributed by atoms with Gasteiger partial charge in [-0.1, -0.05) is 18.2 Å². The number of nitrogens with one attached hydrogen (secondary N) is 2. The van der Waals surface area contributed by atoms with E-state index in [1.165, 1.54) is 16.2 Å². The lowest BCUT2D eigenvalue weighted by Crippen LogP contribution is -2.21. The Morgan fingerprint density at radius 1 is 1.14 bits per heavy atom. The van der Waals surface area contributed by atoms with Crippen molar-refractivity contribution in [2.75, 3.05) is 12.4 Å². The molecule has 1 aromatic heterocycles. The summed E-state index contributed by atoms with van der Waals surface area (Å²) in [5, 5.41) is 6.27. The van der Waals surface area contributed by atoms with Gasteiger partial charge in [0.2, 0.25) is 0 Å². The summed E-state index contributed by atoms with van der Waals surface area (Å²) < 4.78 is 0. The molecular weight excluding hydrogens is 296 g/mol. The van der Waals surface area contributed by atoms with Crippen LogP contribution in [-0.4, -0.2) is 18.9 Å². The van der Waals surface area contributed by atoms with E-state index < -0.39 is 0 Å². The summed E-state index contributed by atoms with van der Waals surface area (Å²) in [5.74, 6) is -0.289. The highest BCUT2D eigenvalue weighted by Gasteiger charge is 2.27. The second kappa shape index (κ2) is 5.93. The van der Waals surface area contributed by atoms with E-state index in [9.17, 15) is 9.59 Å². The first-order valence-corrected chi connectivity index (χ1v) is 8.17. The summed E-state index contributed by atoms with van der Waals surface area (Å²) in [6.07, 6.45) is 2.98. The van der Waals surface area contributed by atoms with E-state index in [4.69, 9.17) is 0 Å². The minimum absolute atomic E-state index is 0.125. The maximum Gasteiger partial charge on any atom is 0.256 e. The van der Waals surface area contributed by atoms with Gasteiger partial charge in [0.05, 0.1) is 5.56 Å². The highest BCUT2D eigenvalue weighted by molar-refractivity contribution is 7.17. The van der Waals surface area contributed by atoms with Gasteiger partial charge in [-0.3, -0.25) is 9.59 Å². The standard InChI is InChI=1S/C17H18N2O2S/c1-10-6-3-4-7-11(10)15(20)19-17-14(16(21)18-2)12-8-5-9-13(12)22-17/h3-4,6-7H,5,8-9H2,1-2H3,(H,18,21)(H,19,20). The van der Waals surface area contributed by atoms with Crippen molar-refractivity contribution in [2.24, 2.45) is 0 Å². The van der Waals surface area contributed by atoms with Crippen molar-refractivity contribution in [3.63, 3.8) is 0 Å². The van der Waals surface area contributed by atoms with Crippen LogP contribution in [0.1, 0.15) is 43.1 Å². The van der Waals surface area contributed by atoms with Crippen LogP contribution in [0.2, 0.25) is 0 Å². The maximum absolute atomic E-state index is 12.5. The molecule has 0 spiro atoms. The number of carbonyl (C=O) groups excluding carboxylic acids is 2. The van der Waals surface area contributed by atoms with Crippen LogP contribution < -0.4 is 10.6 Å². The Bertz CT molecular complexity index is 749. The molecule has 0 saturated heterocycles. The Kier molecular flexibility index (Phi) is 3.98. The number of fused-ring (bicyclic) bond motifs is 1. The molecule has 2 amide bonds. The SMILES string of the molecule is CNC(=O)c1c(NC(=O)c2ccccc2C)sc2c1CCC2. The number of amides is 2. The number of anilines is 1. The first-order chi connectivity index (χ1) is 10.6. The third kappa shape index (κ3) is 2.52. The molecule has 2 aromatic rings. The van der Waals surface area contributed by atoms with Crippen LogP contribution in [0.3, 0.4) is 0 Å². The Morgan fingerprint density at radius 2 is 1.91 bits per heavy atom. The zero-order valence-electron chi connectivity index (χ0n) is 12.7. The van der Waals surface area contributed by atoms with E-state index in [-0.39, 0.29) is 11.8 Å². The lowest BCUT2D eigenvalue weighted by Gasteiger charge is -2.09. The quantitative estimate of drug-likeness (QED) is 0.914. The summed E-state index contributed by atoms with van der Waals surface area (Å²) in [6.45, 7) is 1.91. The average molecular weight is 314 g/mol. The van der Waals surface area contributed by atoms with Gasteiger partial charge in [-0.2, -0.15) is 0 Å². The van der Waals surface area contributed by atoms with Crippen molar-refractivity contribution >= 4 is 28.2 Å². The summed E-state index contributed by atoms with van der Waals surface area (Å²) in [7, 11) is 1.62. The van der Waals surface area contributed by atoms with E-state index >= 15 is 0 Å². The fourth-order valence-electron chi connectivity index (χ4n) is 2.86. The van der Waals surface area contributed by atoms with Gasteiger partial charge in [-0.25, -0.2) is 0 Å². The Balaban J connectivity index is 1.95. The van der Waals surface area contributed by atoms with E-state index in [1.807, 2.05) is 25.1 Å². The van der Waals surface area contributed by atoms with Crippen molar-refractivity contribution in [3.8, 4) is 0 Å². The van der Waals surface area contributed by atoms with Crippen LogP contribution in [0.15, 0.2) is 24.3 Å². The van der Waals surface area contributed by atoms with E-state index in [0.717, 1.165) is 30.4 Å². The summed E-state index contributed by atoms with van der Waals surface area (Å²) in [5.41, 5.74) is 3.30. The zero-order chi connectivity index (χ0) is 15.7. The predicted molar refractivity (Wildman–Crippen MR) is 88.9 cm³/mol. The summed E-state index contributed by atoms with van der Waals surface area (Å²) in [6, 6.07) is 7.45. The van der Waals surface area contributed by atoms with Gasteiger partial charge in [0, 0.05) is 17.5 Å². The molecule has 2 N–H and O–H groups in total. The third-order valence-electron chi connectivity index (χ3n) is 3.99. The molecule has 4 nitrogen and oxygen atoms in total. The van der Waals surface area contributed by atoms with Crippen LogP contribution in [0.4, 0.5) is 5.00 Å².